The van der Waals surface area contributed by atoms with Crippen molar-refractivity contribution < 1.29 is 9.53 Å². The number of rotatable bonds is 8. The van der Waals surface area contributed by atoms with Crippen molar-refractivity contribution in [3.63, 3.8) is 0 Å². The Kier molecular flexibility index (Phi) is 7.70. The van der Waals surface area contributed by atoms with Crippen LogP contribution in [-0.4, -0.2) is 51.8 Å². The Morgan fingerprint density at radius 1 is 1.10 bits per heavy atom. The summed E-state index contributed by atoms with van der Waals surface area (Å²) in [7, 11) is 0. The number of fused-ring (bicyclic) bond motifs is 1. The molecule has 2 aliphatic rings. The van der Waals surface area contributed by atoms with Crippen LogP contribution in [0.25, 0.3) is 0 Å². The summed E-state index contributed by atoms with van der Waals surface area (Å²) in [4.78, 5) is 14.8. The lowest BCUT2D eigenvalue weighted by atomic mass is 9.97. The highest BCUT2D eigenvalue weighted by atomic mass is 16.5. The molecule has 2 aliphatic heterocycles. The molecule has 2 aromatic rings. The average Bonchev–Trinajstić information content (AvgIpc) is 3.05. The number of piperidine rings is 1. The van der Waals surface area contributed by atoms with Crippen LogP contribution in [0.1, 0.15) is 67.7 Å². The Morgan fingerprint density at radius 2 is 1.94 bits per heavy atom. The van der Waals surface area contributed by atoms with E-state index in [-0.39, 0.29) is 5.91 Å². The lowest BCUT2D eigenvalue weighted by Gasteiger charge is -2.31. The Bertz CT molecular complexity index is 848. The van der Waals surface area contributed by atoms with Gasteiger partial charge in [0, 0.05) is 38.6 Å². The second-order valence-electron chi connectivity index (χ2n) is 8.74. The van der Waals surface area contributed by atoms with Gasteiger partial charge < -0.3 is 14.6 Å². The number of hydrogen-bond acceptors (Lipinski definition) is 5. The van der Waals surface area contributed by atoms with Gasteiger partial charge in [0.15, 0.2) is 0 Å². The number of ether oxygens (including phenoxy) is 1. The van der Waals surface area contributed by atoms with Gasteiger partial charge >= 0.3 is 0 Å². The van der Waals surface area contributed by atoms with Gasteiger partial charge in [-0.15, -0.1) is 10.2 Å². The number of carbonyl (C=O) groups is 1. The van der Waals surface area contributed by atoms with Crippen LogP contribution in [-0.2, 0) is 35.6 Å². The van der Waals surface area contributed by atoms with Crippen LogP contribution in [0, 0.1) is 0 Å². The zero-order valence-electron chi connectivity index (χ0n) is 18.7. The van der Waals surface area contributed by atoms with Crippen molar-refractivity contribution in [1.82, 2.24) is 25.0 Å². The number of aryl methyl sites for hydroxylation is 1. The van der Waals surface area contributed by atoms with E-state index < -0.39 is 0 Å². The lowest BCUT2D eigenvalue weighted by Crippen LogP contribution is -2.42. The summed E-state index contributed by atoms with van der Waals surface area (Å²) in [6, 6.07) is 8.24. The minimum absolute atomic E-state index is 0.0825. The van der Waals surface area contributed by atoms with Gasteiger partial charge in [0.05, 0.1) is 13.2 Å². The fraction of sp³-hybridized carbons (Fsp3) is 0.625. The van der Waals surface area contributed by atoms with Crippen molar-refractivity contribution in [2.24, 2.45) is 0 Å². The minimum atomic E-state index is 0.0825. The summed E-state index contributed by atoms with van der Waals surface area (Å²) < 4.78 is 7.79. The summed E-state index contributed by atoms with van der Waals surface area (Å²) in [5.74, 6) is 2.74. The summed E-state index contributed by atoms with van der Waals surface area (Å²) >= 11 is 0. The first-order chi connectivity index (χ1) is 15.2. The van der Waals surface area contributed by atoms with Gasteiger partial charge in [-0.3, -0.25) is 9.69 Å². The number of likely N-dealkylation sites (tertiary alicyclic amines) is 1. The molecular formula is C24H35N5O2. The fourth-order valence-corrected chi connectivity index (χ4v) is 4.65. The Hall–Kier alpha value is -2.25. The molecule has 0 saturated carbocycles. The quantitative estimate of drug-likeness (QED) is 0.704. The molecule has 31 heavy (non-hydrogen) atoms. The van der Waals surface area contributed by atoms with Crippen LogP contribution in [0.3, 0.4) is 0 Å². The van der Waals surface area contributed by atoms with Crippen molar-refractivity contribution in [2.45, 2.75) is 71.1 Å². The van der Waals surface area contributed by atoms with Gasteiger partial charge in [-0.1, -0.05) is 30.7 Å². The van der Waals surface area contributed by atoms with E-state index >= 15 is 0 Å². The van der Waals surface area contributed by atoms with Crippen molar-refractivity contribution in [3.8, 4) is 0 Å². The number of hydrogen-bond donors (Lipinski definition) is 1. The van der Waals surface area contributed by atoms with Gasteiger partial charge in [-0.25, -0.2) is 0 Å². The van der Waals surface area contributed by atoms with E-state index in [0.29, 0.717) is 32.2 Å². The molecule has 168 valence electrons. The highest BCUT2D eigenvalue weighted by Crippen LogP contribution is 2.27. The summed E-state index contributed by atoms with van der Waals surface area (Å²) in [5, 5.41) is 12.1. The molecule has 1 saturated heterocycles. The second-order valence-corrected chi connectivity index (χ2v) is 8.74. The predicted molar refractivity (Wildman–Crippen MR) is 120 cm³/mol. The van der Waals surface area contributed by atoms with Gasteiger partial charge in [-0.05, 0) is 50.3 Å². The van der Waals surface area contributed by atoms with E-state index in [4.69, 9.17) is 4.74 Å². The number of carbonyl (C=O) groups excluding carboxylic acids is 1. The number of benzene rings is 1. The first kappa shape index (κ1) is 22.0. The molecule has 1 N–H and O–H groups in total. The van der Waals surface area contributed by atoms with Crippen LogP contribution < -0.4 is 5.32 Å². The van der Waals surface area contributed by atoms with E-state index in [2.05, 4.69) is 49.2 Å². The average molecular weight is 426 g/mol. The molecule has 1 aromatic heterocycles. The number of nitrogens with zero attached hydrogens (tertiary/aromatic N) is 4. The molecule has 1 unspecified atom stereocenters. The molecule has 0 bridgehead atoms. The predicted octanol–water partition coefficient (Wildman–Crippen LogP) is 3.04. The maximum absolute atomic E-state index is 12.6. The van der Waals surface area contributed by atoms with Crippen LogP contribution in [0.4, 0.5) is 0 Å². The van der Waals surface area contributed by atoms with E-state index in [1.165, 1.54) is 19.3 Å². The summed E-state index contributed by atoms with van der Waals surface area (Å²) in [6.45, 7) is 7.24. The van der Waals surface area contributed by atoms with Gasteiger partial charge in [0.25, 0.3) is 0 Å². The zero-order chi connectivity index (χ0) is 21.5. The van der Waals surface area contributed by atoms with Crippen molar-refractivity contribution in [2.75, 3.05) is 26.2 Å². The van der Waals surface area contributed by atoms with Crippen LogP contribution in [0.15, 0.2) is 24.3 Å². The van der Waals surface area contributed by atoms with E-state index in [9.17, 15) is 4.79 Å². The van der Waals surface area contributed by atoms with Gasteiger partial charge in [0.2, 0.25) is 5.91 Å². The van der Waals surface area contributed by atoms with Crippen molar-refractivity contribution in [3.05, 3.63) is 47.0 Å². The van der Waals surface area contributed by atoms with E-state index in [1.807, 2.05) is 6.92 Å². The maximum atomic E-state index is 12.6. The molecule has 0 aliphatic carbocycles. The molecule has 1 atom stereocenters. The van der Waals surface area contributed by atoms with Gasteiger partial charge in [-0.2, -0.15) is 0 Å². The number of nitrogens with one attached hydrogen (secondary N) is 1. The second kappa shape index (κ2) is 10.9. The minimum Gasteiger partial charge on any atom is -0.377 e. The molecule has 1 aromatic carbocycles. The van der Waals surface area contributed by atoms with Crippen LogP contribution >= 0.6 is 0 Å². The van der Waals surface area contributed by atoms with Crippen LogP contribution in [0.5, 0.6) is 0 Å². The highest BCUT2D eigenvalue weighted by molar-refractivity contribution is 5.78. The maximum Gasteiger partial charge on any atom is 0.234 e. The molecule has 7 nitrogen and oxygen atoms in total. The SMILES string of the molecule is CCOCc1ccc(CNC(=O)CN2CCCC(c3nnc4n3CCCCC4)C2)cc1. The largest absolute Gasteiger partial charge is 0.377 e. The van der Waals surface area contributed by atoms with Crippen LogP contribution in [0.2, 0.25) is 0 Å². The Balaban J connectivity index is 1.26. The standard InChI is InChI=1S/C24H35N5O2/c1-2-31-18-20-11-9-19(10-12-20)15-25-23(30)17-28-13-6-7-21(16-28)24-27-26-22-8-4-3-5-14-29(22)24/h9-12,21H,2-8,13-18H2,1H3,(H,25,30). The third-order valence-electron chi connectivity index (χ3n) is 6.36. The zero-order valence-corrected chi connectivity index (χ0v) is 18.7. The fourth-order valence-electron chi connectivity index (χ4n) is 4.65. The van der Waals surface area contributed by atoms with Gasteiger partial charge in [0.1, 0.15) is 11.6 Å². The Morgan fingerprint density at radius 3 is 2.77 bits per heavy atom. The molecular weight excluding hydrogens is 390 g/mol. The molecule has 1 amide bonds. The normalized spacial score (nSPS) is 19.6. The smallest absolute Gasteiger partial charge is 0.234 e. The third-order valence-corrected chi connectivity index (χ3v) is 6.36. The molecule has 7 heteroatoms. The molecule has 1 fully saturated rings. The lowest BCUT2D eigenvalue weighted by molar-refractivity contribution is -0.122. The monoisotopic (exact) mass is 425 g/mol. The first-order valence-corrected chi connectivity index (χ1v) is 11.8. The van der Waals surface area contributed by atoms with E-state index in [1.54, 1.807) is 0 Å². The molecule has 0 spiro atoms. The first-order valence-electron chi connectivity index (χ1n) is 11.8. The van der Waals surface area contributed by atoms with Crippen molar-refractivity contribution >= 4 is 5.91 Å². The number of aromatic nitrogens is 3. The molecule has 3 heterocycles. The Labute approximate surface area is 185 Å². The molecule has 4 rings (SSSR count). The molecule has 0 radical (unpaired) electrons. The summed E-state index contributed by atoms with van der Waals surface area (Å²) in [6.07, 6.45) is 6.97. The third kappa shape index (κ3) is 5.92. The van der Waals surface area contributed by atoms with Crippen molar-refractivity contribution in [1.29, 1.82) is 0 Å². The van der Waals surface area contributed by atoms with E-state index in [0.717, 1.165) is 61.7 Å². The highest BCUT2D eigenvalue weighted by Gasteiger charge is 2.28. The summed E-state index contributed by atoms with van der Waals surface area (Å²) in [5.41, 5.74) is 2.26. The number of amides is 1. The topological polar surface area (TPSA) is 72.3 Å².